The zero-order valence-electron chi connectivity index (χ0n) is 9.17. The van der Waals surface area contributed by atoms with E-state index in [1.54, 1.807) is 6.07 Å². The van der Waals surface area contributed by atoms with Crippen LogP contribution in [-0.4, -0.2) is 17.5 Å². The molecule has 2 rings (SSSR count). The monoisotopic (exact) mass is 275 g/mol. The fourth-order valence-electron chi connectivity index (χ4n) is 1.96. The molecular formula is C12H15Cl2NS. The zero-order valence-corrected chi connectivity index (χ0v) is 11.5. The van der Waals surface area contributed by atoms with E-state index < -0.39 is 0 Å². The van der Waals surface area contributed by atoms with E-state index in [0.29, 0.717) is 11.1 Å². The maximum Gasteiger partial charge on any atom is 0.0468 e. The summed E-state index contributed by atoms with van der Waals surface area (Å²) in [5.74, 6) is 2.47. The molecule has 1 saturated heterocycles. The van der Waals surface area contributed by atoms with Gasteiger partial charge in [0.15, 0.2) is 0 Å². The van der Waals surface area contributed by atoms with Gasteiger partial charge < -0.3 is 5.32 Å². The van der Waals surface area contributed by atoms with Crippen molar-refractivity contribution in [1.82, 2.24) is 5.32 Å². The number of hydrogen-bond donors (Lipinski definition) is 1. The molecule has 2 atom stereocenters. The van der Waals surface area contributed by atoms with Gasteiger partial charge in [0.05, 0.1) is 0 Å². The van der Waals surface area contributed by atoms with Crippen molar-refractivity contribution in [3.05, 3.63) is 33.8 Å². The molecule has 0 aliphatic carbocycles. The molecule has 1 aromatic rings. The maximum atomic E-state index is 6.18. The van der Waals surface area contributed by atoms with Gasteiger partial charge in [-0.3, -0.25) is 0 Å². The van der Waals surface area contributed by atoms with Crippen molar-refractivity contribution in [2.45, 2.75) is 25.4 Å². The second-order valence-corrected chi connectivity index (χ2v) is 6.11. The predicted octanol–water partition coefficient (Wildman–Crippen LogP) is 4.15. The summed E-state index contributed by atoms with van der Waals surface area (Å²) >= 11 is 14.1. The molecule has 0 saturated carbocycles. The highest BCUT2D eigenvalue weighted by atomic mass is 35.5. The van der Waals surface area contributed by atoms with Crippen molar-refractivity contribution >= 4 is 35.0 Å². The van der Waals surface area contributed by atoms with E-state index in [2.05, 4.69) is 12.2 Å². The van der Waals surface area contributed by atoms with Crippen molar-refractivity contribution in [3.8, 4) is 0 Å². The SMILES string of the molecule is CC(NC1CCSC1)c1ccc(Cl)cc1Cl. The standard InChI is InChI=1S/C12H15Cl2NS/c1-8(15-10-4-5-16-7-10)11-3-2-9(13)6-12(11)14/h2-3,6,8,10,15H,4-5,7H2,1H3. The Morgan fingerprint density at radius 3 is 2.88 bits per heavy atom. The summed E-state index contributed by atoms with van der Waals surface area (Å²) in [5, 5.41) is 5.05. The highest BCUT2D eigenvalue weighted by molar-refractivity contribution is 7.99. The Labute approximate surface area is 111 Å². The Bertz CT molecular complexity index is 364. The summed E-state index contributed by atoms with van der Waals surface area (Å²) in [7, 11) is 0. The Hall–Kier alpha value is 0.110. The van der Waals surface area contributed by atoms with Crippen molar-refractivity contribution in [2.24, 2.45) is 0 Å². The topological polar surface area (TPSA) is 12.0 Å². The first kappa shape index (κ1) is 12.6. The van der Waals surface area contributed by atoms with Crippen molar-refractivity contribution < 1.29 is 0 Å². The van der Waals surface area contributed by atoms with Gasteiger partial charge in [-0.25, -0.2) is 0 Å². The Morgan fingerprint density at radius 2 is 2.25 bits per heavy atom. The first-order valence-corrected chi connectivity index (χ1v) is 7.36. The zero-order chi connectivity index (χ0) is 11.5. The molecule has 16 heavy (non-hydrogen) atoms. The van der Waals surface area contributed by atoms with Crippen LogP contribution >= 0.6 is 35.0 Å². The third kappa shape index (κ3) is 3.07. The lowest BCUT2D eigenvalue weighted by Crippen LogP contribution is -2.31. The van der Waals surface area contributed by atoms with Crippen LogP contribution in [0.1, 0.15) is 24.9 Å². The molecule has 1 nitrogen and oxygen atoms in total. The minimum Gasteiger partial charge on any atom is -0.307 e. The largest absolute Gasteiger partial charge is 0.307 e. The average molecular weight is 276 g/mol. The summed E-state index contributed by atoms with van der Waals surface area (Å²) in [6.45, 7) is 2.15. The van der Waals surface area contributed by atoms with E-state index >= 15 is 0 Å². The van der Waals surface area contributed by atoms with Crippen LogP contribution in [0.5, 0.6) is 0 Å². The van der Waals surface area contributed by atoms with Gasteiger partial charge in [0.25, 0.3) is 0 Å². The van der Waals surface area contributed by atoms with Crippen molar-refractivity contribution in [3.63, 3.8) is 0 Å². The van der Waals surface area contributed by atoms with Gasteiger partial charge in [0.2, 0.25) is 0 Å². The van der Waals surface area contributed by atoms with Gasteiger partial charge in [0.1, 0.15) is 0 Å². The number of halogens is 2. The first-order valence-electron chi connectivity index (χ1n) is 5.45. The summed E-state index contributed by atoms with van der Waals surface area (Å²) in [6.07, 6.45) is 1.25. The number of benzene rings is 1. The van der Waals surface area contributed by atoms with Crippen LogP contribution in [0.15, 0.2) is 18.2 Å². The number of nitrogens with one attached hydrogen (secondary N) is 1. The molecule has 1 aliphatic rings. The lowest BCUT2D eigenvalue weighted by atomic mass is 10.1. The van der Waals surface area contributed by atoms with Gasteiger partial charge in [-0.2, -0.15) is 11.8 Å². The van der Waals surface area contributed by atoms with Gasteiger partial charge >= 0.3 is 0 Å². The van der Waals surface area contributed by atoms with Crippen molar-refractivity contribution in [2.75, 3.05) is 11.5 Å². The molecule has 1 N–H and O–H groups in total. The number of thioether (sulfide) groups is 1. The number of hydrogen-bond acceptors (Lipinski definition) is 2. The lowest BCUT2D eigenvalue weighted by Gasteiger charge is -2.20. The first-order chi connectivity index (χ1) is 7.66. The molecule has 1 fully saturated rings. The highest BCUT2D eigenvalue weighted by Gasteiger charge is 2.19. The van der Waals surface area contributed by atoms with Crippen LogP contribution in [0.3, 0.4) is 0 Å². The van der Waals surface area contributed by atoms with Crippen LogP contribution < -0.4 is 5.32 Å². The van der Waals surface area contributed by atoms with Gasteiger partial charge in [0, 0.05) is 27.9 Å². The van der Waals surface area contributed by atoms with E-state index in [9.17, 15) is 0 Å². The van der Waals surface area contributed by atoms with Crippen LogP contribution in [0.4, 0.5) is 0 Å². The molecule has 0 amide bonds. The van der Waals surface area contributed by atoms with Gasteiger partial charge in [-0.1, -0.05) is 29.3 Å². The van der Waals surface area contributed by atoms with Crippen LogP contribution in [-0.2, 0) is 0 Å². The lowest BCUT2D eigenvalue weighted by molar-refractivity contribution is 0.486. The molecule has 0 bridgehead atoms. The van der Waals surface area contributed by atoms with Gasteiger partial charge in [-0.05, 0) is 36.8 Å². The second-order valence-electron chi connectivity index (χ2n) is 4.11. The molecular weight excluding hydrogens is 261 g/mol. The molecule has 88 valence electrons. The van der Waals surface area contributed by atoms with Crippen LogP contribution in [0, 0.1) is 0 Å². The average Bonchev–Trinajstić information content (AvgIpc) is 2.70. The Morgan fingerprint density at radius 1 is 1.44 bits per heavy atom. The fraction of sp³-hybridized carbons (Fsp3) is 0.500. The summed E-state index contributed by atoms with van der Waals surface area (Å²) in [4.78, 5) is 0. The summed E-state index contributed by atoms with van der Waals surface area (Å²) in [5.41, 5.74) is 1.13. The van der Waals surface area contributed by atoms with E-state index in [4.69, 9.17) is 23.2 Å². The molecule has 0 radical (unpaired) electrons. The second kappa shape index (κ2) is 5.63. The summed E-state index contributed by atoms with van der Waals surface area (Å²) in [6, 6.07) is 6.61. The molecule has 1 heterocycles. The van der Waals surface area contributed by atoms with E-state index in [0.717, 1.165) is 10.6 Å². The normalized spacial score (nSPS) is 22.3. The van der Waals surface area contributed by atoms with Crippen LogP contribution in [0.2, 0.25) is 10.0 Å². The Kier molecular flexibility index (Phi) is 4.42. The molecule has 1 aromatic carbocycles. The minimum absolute atomic E-state index is 0.286. The quantitative estimate of drug-likeness (QED) is 0.890. The minimum atomic E-state index is 0.286. The molecule has 4 heteroatoms. The third-order valence-corrected chi connectivity index (χ3v) is 4.57. The van der Waals surface area contributed by atoms with Crippen molar-refractivity contribution in [1.29, 1.82) is 0 Å². The van der Waals surface area contributed by atoms with Crippen LogP contribution in [0.25, 0.3) is 0 Å². The third-order valence-electron chi connectivity index (χ3n) is 2.84. The predicted molar refractivity (Wildman–Crippen MR) is 73.7 cm³/mol. The van der Waals surface area contributed by atoms with E-state index in [-0.39, 0.29) is 6.04 Å². The highest BCUT2D eigenvalue weighted by Crippen LogP contribution is 2.27. The molecule has 2 unspecified atom stereocenters. The molecule has 0 aromatic heterocycles. The molecule has 1 aliphatic heterocycles. The maximum absolute atomic E-state index is 6.18. The Balaban J connectivity index is 2.04. The number of rotatable bonds is 3. The van der Waals surface area contributed by atoms with E-state index in [1.807, 2.05) is 23.9 Å². The van der Waals surface area contributed by atoms with Gasteiger partial charge in [-0.15, -0.1) is 0 Å². The fourth-order valence-corrected chi connectivity index (χ4v) is 3.70. The smallest absolute Gasteiger partial charge is 0.0468 e. The molecule has 0 spiro atoms. The van der Waals surface area contributed by atoms with E-state index in [1.165, 1.54) is 17.9 Å². The summed E-state index contributed by atoms with van der Waals surface area (Å²) < 4.78 is 0.